The van der Waals surface area contributed by atoms with Crippen LogP contribution >= 0.6 is 11.8 Å². The quantitative estimate of drug-likeness (QED) is 0.0938. The van der Waals surface area contributed by atoms with Crippen LogP contribution in [0.5, 0.6) is 5.75 Å². The maximum atomic E-state index is 12.4. The van der Waals surface area contributed by atoms with Gasteiger partial charge >= 0.3 is 23.5 Å². The van der Waals surface area contributed by atoms with E-state index in [-0.39, 0.29) is 12.1 Å². The maximum absolute atomic E-state index is 12.4. The fourth-order valence-electron chi connectivity index (χ4n) is 6.37. The van der Waals surface area contributed by atoms with E-state index in [0.29, 0.717) is 29.2 Å². The summed E-state index contributed by atoms with van der Waals surface area (Å²) >= 11 is 1.88. The summed E-state index contributed by atoms with van der Waals surface area (Å²) in [4.78, 5) is 50.8. The number of fused-ring (bicyclic) bond motifs is 4. The Morgan fingerprint density at radius 1 is 0.860 bits per heavy atom. The largest absolute Gasteiger partial charge is 0.485 e. The molecule has 14 heteroatoms. The summed E-state index contributed by atoms with van der Waals surface area (Å²) in [7, 11) is 4.29. The molecule has 0 aliphatic carbocycles. The maximum Gasteiger partial charge on any atom is 0.338 e. The number of para-hydroxylation sites is 2. The number of anilines is 2. The number of benzene rings is 4. The second-order valence-corrected chi connectivity index (χ2v) is 15.6. The van der Waals surface area contributed by atoms with Crippen LogP contribution in [0, 0.1) is 5.92 Å². The molecule has 4 aromatic carbocycles. The number of hydrogen-bond donors (Lipinski definition) is 4. The number of aliphatic carboxylic acids is 2. The molecule has 13 nitrogen and oxygen atoms in total. The van der Waals surface area contributed by atoms with Crippen molar-refractivity contribution in [2.24, 2.45) is 5.92 Å². The molecule has 2 aliphatic rings. The van der Waals surface area contributed by atoms with Crippen molar-refractivity contribution in [2.45, 2.75) is 60.9 Å². The highest BCUT2D eigenvalue weighted by Crippen LogP contribution is 2.48. The number of hydrogen-bond acceptors (Lipinski definition) is 12. The van der Waals surface area contributed by atoms with Crippen molar-refractivity contribution in [3.05, 3.63) is 125 Å². The molecule has 5 aromatic rings. The lowest BCUT2D eigenvalue weighted by Gasteiger charge is -2.35. The summed E-state index contributed by atoms with van der Waals surface area (Å²) in [6.45, 7) is 8.15. The Hall–Kier alpha value is -5.67. The van der Waals surface area contributed by atoms with Crippen molar-refractivity contribution in [3.8, 4) is 5.75 Å². The van der Waals surface area contributed by atoms with Gasteiger partial charge in [0.2, 0.25) is 0 Å². The molecule has 0 radical (unpaired) electrons. The van der Waals surface area contributed by atoms with Gasteiger partial charge in [0, 0.05) is 46.8 Å². The van der Waals surface area contributed by atoms with Gasteiger partial charge in [-0.3, -0.25) is 0 Å². The molecule has 7 rings (SSSR count). The summed E-state index contributed by atoms with van der Waals surface area (Å²) in [6, 6.07) is 33.1. The molecular weight excluding hydrogens is 753 g/mol. The summed E-state index contributed by atoms with van der Waals surface area (Å²) in [5, 5.41) is 33.4. The summed E-state index contributed by atoms with van der Waals surface area (Å²) in [5.74, 6) is -2.65. The van der Waals surface area contributed by atoms with Crippen molar-refractivity contribution < 1.29 is 48.7 Å². The minimum absolute atomic E-state index is 0.325. The minimum Gasteiger partial charge on any atom is -0.485 e. The number of nitrogens with zero attached hydrogens (tertiary/aromatic N) is 2. The number of aliphatic hydroxyl groups is 2. The van der Waals surface area contributed by atoms with Gasteiger partial charge < -0.3 is 44.1 Å². The average Bonchev–Trinajstić information content (AvgIpc) is 3.60. The summed E-state index contributed by atoms with van der Waals surface area (Å²) in [5.41, 5.74) is 3.45. The Bertz CT molecular complexity index is 2200. The minimum atomic E-state index is -2.27. The third kappa shape index (κ3) is 10.8. The van der Waals surface area contributed by atoms with Gasteiger partial charge in [-0.05, 0) is 88.0 Å². The first-order valence-electron chi connectivity index (χ1n) is 18.2. The Balaban J connectivity index is 0.000000180. The summed E-state index contributed by atoms with van der Waals surface area (Å²) < 4.78 is 16.9. The van der Waals surface area contributed by atoms with Crippen LogP contribution in [-0.4, -0.2) is 94.3 Å². The fraction of sp³-hybridized carbons (Fsp3) is 0.302. The van der Waals surface area contributed by atoms with Crippen LogP contribution in [0.25, 0.3) is 11.0 Å². The predicted molar refractivity (Wildman–Crippen MR) is 216 cm³/mol. The topological polar surface area (TPSA) is 187 Å². The van der Waals surface area contributed by atoms with Crippen molar-refractivity contribution in [3.63, 3.8) is 0 Å². The van der Waals surface area contributed by atoms with E-state index in [2.05, 4.69) is 79.3 Å². The molecular formula is C43H46N2O11S. The molecule has 0 fully saturated rings. The van der Waals surface area contributed by atoms with E-state index in [1.807, 2.05) is 37.7 Å². The number of ether oxygens (including phenoxy) is 2. The Labute approximate surface area is 334 Å². The highest BCUT2D eigenvalue weighted by atomic mass is 32.2. The van der Waals surface area contributed by atoms with E-state index in [4.69, 9.17) is 34.3 Å². The summed E-state index contributed by atoms with van der Waals surface area (Å²) in [6.07, 6.45) is -4.25. The molecule has 300 valence electrons. The molecule has 0 amide bonds. The van der Waals surface area contributed by atoms with Crippen LogP contribution < -0.4 is 15.3 Å². The van der Waals surface area contributed by atoms with Crippen LogP contribution in [0.3, 0.4) is 0 Å². The molecule has 4 atom stereocenters. The van der Waals surface area contributed by atoms with Crippen molar-refractivity contribution >= 4 is 52.0 Å². The SMILES string of the molecule is CC(C)(OC(=O)c1ccccc1)C1Cc2cc3ccc(=O)oc3cc2O1.CC(CN(C)C)CN1c2ccccc2Sc2ccccc21.O=C(O)C(O)C(O)C(=O)O. The second-order valence-electron chi connectivity index (χ2n) is 14.5. The molecule has 0 saturated carbocycles. The number of carbonyl (C=O) groups is 3. The average molecular weight is 799 g/mol. The second kappa shape index (κ2) is 18.5. The number of rotatable bonds is 10. The lowest BCUT2D eigenvalue weighted by Crippen LogP contribution is -2.43. The van der Waals surface area contributed by atoms with Crippen LogP contribution in [0.4, 0.5) is 11.4 Å². The van der Waals surface area contributed by atoms with Gasteiger partial charge in [-0.15, -0.1) is 0 Å². The van der Waals surface area contributed by atoms with Gasteiger partial charge in [-0.2, -0.15) is 0 Å². The molecule has 0 saturated heterocycles. The van der Waals surface area contributed by atoms with E-state index in [9.17, 15) is 19.2 Å². The predicted octanol–water partition coefficient (Wildman–Crippen LogP) is 6.10. The molecule has 4 unspecified atom stereocenters. The number of aliphatic hydroxyl groups excluding tert-OH is 2. The monoisotopic (exact) mass is 798 g/mol. The highest BCUT2D eigenvalue weighted by molar-refractivity contribution is 7.99. The third-order valence-corrected chi connectivity index (χ3v) is 10.3. The lowest BCUT2D eigenvalue weighted by atomic mass is 9.96. The Morgan fingerprint density at radius 2 is 1.42 bits per heavy atom. The molecule has 4 N–H and O–H groups in total. The van der Waals surface area contributed by atoms with Gasteiger partial charge in [-0.1, -0.05) is 61.2 Å². The lowest BCUT2D eigenvalue weighted by molar-refractivity contribution is -0.165. The van der Waals surface area contributed by atoms with Crippen LogP contribution in [0.15, 0.2) is 122 Å². The highest BCUT2D eigenvalue weighted by Gasteiger charge is 2.40. The number of esters is 1. The Morgan fingerprint density at radius 3 is 1.98 bits per heavy atom. The first-order chi connectivity index (χ1) is 27.0. The van der Waals surface area contributed by atoms with Gasteiger partial charge in [-0.25, -0.2) is 19.2 Å². The zero-order valence-corrected chi connectivity index (χ0v) is 33.0. The molecule has 2 aliphatic heterocycles. The van der Waals surface area contributed by atoms with Crippen molar-refractivity contribution in [2.75, 3.05) is 32.1 Å². The van der Waals surface area contributed by atoms with Crippen LogP contribution in [0.1, 0.15) is 36.7 Å². The molecule has 57 heavy (non-hydrogen) atoms. The zero-order chi connectivity index (χ0) is 41.4. The third-order valence-electron chi connectivity index (χ3n) is 9.13. The molecule has 1 aromatic heterocycles. The first kappa shape index (κ1) is 42.5. The van der Waals surface area contributed by atoms with Gasteiger partial charge in [0.1, 0.15) is 23.0 Å². The zero-order valence-electron chi connectivity index (χ0n) is 32.2. The van der Waals surface area contributed by atoms with E-state index in [1.54, 1.807) is 36.4 Å². The fourth-order valence-corrected chi connectivity index (χ4v) is 7.47. The van der Waals surface area contributed by atoms with E-state index < -0.39 is 35.4 Å². The van der Waals surface area contributed by atoms with Gasteiger partial charge in [0.05, 0.1) is 16.9 Å². The standard InChI is InChI=1S/C21H18O5.C18H22N2S.C4H6O6/c1-21(2,26-20(23)13-6-4-3-5-7-13)18-11-15-10-14-8-9-19(22)25-16(14)12-17(15)24-18;1-14(12-19(2)3)13-20-15-8-4-6-10-17(15)21-18-11-7-5-9-16(18)20;5-1(3(7)8)2(6)4(9)10/h3-10,12,18H,11H2,1-2H3;4-11,14H,12-13H2,1-3H3;1-2,5-6H,(H,7,8)(H,9,10). The first-order valence-corrected chi connectivity index (χ1v) is 19.0. The van der Waals surface area contributed by atoms with Crippen LogP contribution in [-0.2, 0) is 20.7 Å². The van der Waals surface area contributed by atoms with E-state index in [0.717, 1.165) is 24.0 Å². The number of carboxylic acid groups (broad SMARTS) is 2. The van der Waals surface area contributed by atoms with Crippen molar-refractivity contribution in [1.29, 1.82) is 0 Å². The normalized spacial score (nSPS) is 15.6. The number of carboxylic acids is 2. The van der Waals surface area contributed by atoms with Crippen LogP contribution in [0.2, 0.25) is 0 Å². The van der Waals surface area contributed by atoms with Gasteiger partial charge in [0.25, 0.3) is 0 Å². The van der Waals surface area contributed by atoms with E-state index >= 15 is 0 Å². The van der Waals surface area contributed by atoms with E-state index in [1.165, 1.54) is 27.2 Å². The number of carbonyl (C=O) groups excluding carboxylic acids is 1. The smallest absolute Gasteiger partial charge is 0.338 e. The molecule has 0 spiro atoms. The molecule has 0 bridgehead atoms. The van der Waals surface area contributed by atoms with Crippen molar-refractivity contribution in [1.82, 2.24) is 4.90 Å². The Kier molecular flexibility index (Phi) is 13.8. The molecule has 3 heterocycles. The van der Waals surface area contributed by atoms with Gasteiger partial charge in [0.15, 0.2) is 12.2 Å².